The fraction of sp³-hybridized carbons (Fsp3) is 0.632. The van der Waals surface area contributed by atoms with E-state index < -0.39 is 5.60 Å². The zero-order chi connectivity index (χ0) is 17.2. The summed E-state index contributed by atoms with van der Waals surface area (Å²) < 4.78 is 11.3. The second kappa shape index (κ2) is 6.63. The second-order valence-corrected chi connectivity index (χ2v) is 7.73. The number of piperidine rings is 1. The van der Waals surface area contributed by atoms with Crippen LogP contribution in [-0.2, 0) is 9.47 Å². The Morgan fingerprint density at radius 2 is 1.79 bits per heavy atom. The van der Waals surface area contributed by atoms with Crippen molar-refractivity contribution in [3.05, 3.63) is 30.3 Å². The Bertz CT molecular complexity index is 560. The molecule has 1 aromatic carbocycles. The van der Waals surface area contributed by atoms with Crippen LogP contribution in [0.4, 0.5) is 10.5 Å². The number of morpholine rings is 1. The van der Waals surface area contributed by atoms with Crippen molar-refractivity contribution in [2.24, 2.45) is 0 Å². The van der Waals surface area contributed by atoms with E-state index in [4.69, 9.17) is 9.47 Å². The van der Waals surface area contributed by atoms with Crippen molar-refractivity contribution in [1.82, 2.24) is 4.90 Å². The molecule has 1 spiro atoms. The van der Waals surface area contributed by atoms with Crippen LogP contribution < -0.4 is 4.90 Å². The lowest BCUT2D eigenvalue weighted by Gasteiger charge is -2.52. The Labute approximate surface area is 144 Å². The molecule has 2 fully saturated rings. The van der Waals surface area contributed by atoms with E-state index in [9.17, 15) is 4.79 Å². The summed E-state index contributed by atoms with van der Waals surface area (Å²) in [4.78, 5) is 16.6. The largest absolute Gasteiger partial charge is 0.444 e. The van der Waals surface area contributed by atoms with Crippen LogP contribution in [0.5, 0.6) is 0 Å². The molecule has 1 aromatic rings. The monoisotopic (exact) mass is 332 g/mol. The van der Waals surface area contributed by atoms with Gasteiger partial charge in [-0.2, -0.15) is 0 Å². The molecule has 3 rings (SSSR count). The highest BCUT2D eigenvalue weighted by Gasteiger charge is 2.43. The van der Waals surface area contributed by atoms with Crippen molar-refractivity contribution >= 4 is 11.8 Å². The van der Waals surface area contributed by atoms with Crippen molar-refractivity contribution in [3.8, 4) is 0 Å². The van der Waals surface area contributed by atoms with Crippen LogP contribution in [0.1, 0.15) is 33.6 Å². The number of carbonyl (C=O) groups is 1. The van der Waals surface area contributed by atoms with Crippen molar-refractivity contribution in [2.75, 3.05) is 37.7 Å². The number of nitrogens with zero attached hydrogens (tertiary/aromatic N) is 2. The molecular formula is C19H28N2O3. The first-order valence-electron chi connectivity index (χ1n) is 8.78. The molecule has 2 saturated heterocycles. The number of hydrogen-bond donors (Lipinski definition) is 0. The molecular weight excluding hydrogens is 304 g/mol. The molecule has 1 amide bonds. The van der Waals surface area contributed by atoms with Crippen LogP contribution >= 0.6 is 0 Å². The molecule has 0 aliphatic carbocycles. The van der Waals surface area contributed by atoms with Crippen molar-refractivity contribution in [2.45, 2.75) is 44.8 Å². The Hall–Kier alpha value is -1.75. The highest BCUT2D eigenvalue weighted by molar-refractivity contribution is 5.68. The molecule has 0 aromatic heterocycles. The maximum atomic E-state index is 12.3. The average Bonchev–Trinajstić information content (AvgIpc) is 2.55. The predicted octanol–water partition coefficient (Wildman–Crippen LogP) is 3.29. The molecule has 0 saturated carbocycles. The van der Waals surface area contributed by atoms with Gasteiger partial charge < -0.3 is 19.3 Å². The van der Waals surface area contributed by atoms with E-state index in [1.807, 2.05) is 31.7 Å². The van der Waals surface area contributed by atoms with Gasteiger partial charge in [0.2, 0.25) is 0 Å². The molecule has 5 nitrogen and oxygen atoms in total. The number of ether oxygens (including phenoxy) is 2. The predicted molar refractivity (Wildman–Crippen MR) is 94.4 cm³/mol. The number of para-hydroxylation sites is 1. The number of amides is 1. The quantitative estimate of drug-likeness (QED) is 0.791. The lowest BCUT2D eigenvalue weighted by Crippen LogP contribution is -2.62. The fourth-order valence-corrected chi connectivity index (χ4v) is 3.59. The summed E-state index contributed by atoms with van der Waals surface area (Å²) in [5.41, 5.74) is 0.778. The third-order valence-corrected chi connectivity index (χ3v) is 4.82. The summed E-state index contributed by atoms with van der Waals surface area (Å²) in [5, 5.41) is 0. The summed E-state index contributed by atoms with van der Waals surface area (Å²) in [6, 6.07) is 10.5. The zero-order valence-electron chi connectivity index (χ0n) is 15.0. The van der Waals surface area contributed by atoms with Gasteiger partial charge in [-0.1, -0.05) is 18.2 Å². The first-order valence-corrected chi connectivity index (χ1v) is 8.78. The van der Waals surface area contributed by atoms with Gasteiger partial charge in [0.1, 0.15) is 5.60 Å². The van der Waals surface area contributed by atoms with E-state index in [0.29, 0.717) is 13.1 Å². The van der Waals surface area contributed by atoms with Gasteiger partial charge >= 0.3 is 6.09 Å². The van der Waals surface area contributed by atoms with Gasteiger partial charge in [0, 0.05) is 25.3 Å². The molecule has 0 unspecified atom stereocenters. The van der Waals surface area contributed by atoms with E-state index in [1.165, 1.54) is 5.69 Å². The number of carbonyl (C=O) groups excluding carboxylic acids is 1. The Morgan fingerprint density at radius 1 is 1.12 bits per heavy atom. The molecule has 24 heavy (non-hydrogen) atoms. The average molecular weight is 332 g/mol. The van der Waals surface area contributed by atoms with E-state index in [1.54, 1.807) is 0 Å². The smallest absolute Gasteiger partial charge is 0.410 e. The summed E-state index contributed by atoms with van der Waals surface area (Å²) in [6.45, 7) is 9.52. The minimum Gasteiger partial charge on any atom is -0.444 e. The van der Waals surface area contributed by atoms with E-state index in [2.05, 4.69) is 29.2 Å². The van der Waals surface area contributed by atoms with Gasteiger partial charge in [0.05, 0.1) is 18.8 Å². The van der Waals surface area contributed by atoms with Crippen molar-refractivity contribution in [3.63, 3.8) is 0 Å². The number of benzene rings is 1. The molecule has 0 radical (unpaired) electrons. The highest BCUT2D eigenvalue weighted by Crippen LogP contribution is 2.35. The van der Waals surface area contributed by atoms with Gasteiger partial charge in [0.15, 0.2) is 0 Å². The topological polar surface area (TPSA) is 42.0 Å². The minimum atomic E-state index is -0.448. The third kappa shape index (κ3) is 3.66. The standard InChI is InChI=1S/C19H28N2O3/c1-18(2,3)24-17(22)20-11-9-19(10-12-20)15-23-14-13-21(19)16-7-5-4-6-8-16/h4-8H,9-15H2,1-3H3. The first-order chi connectivity index (χ1) is 11.4. The molecule has 5 heteroatoms. The van der Waals surface area contributed by atoms with E-state index >= 15 is 0 Å². The molecule has 2 heterocycles. The summed E-state index contributed by atoms with van der Waals surface area (Å²) in [7, 11) is 0. The Morgan fingerprint density at radius 3 is 2.42 bits per heavy atom. The SMILES string of the molecule is CC(C)(C)OC(=O)N1CCC2(CC1)COCCN2c1ccccc1. The van der Waals surface area contributed by atoms with Crippen LogP contribution in [0.3, 0.4) is 0 Å². The van der Waals surface area contributed by atoms with Gasteiger partial charge in [-0.05, 0) is 45.7 Å². The first kappa shape index (κ1) is 17.1. The number of likely N-dealkylation sites (tertiary alicyclic amines) is 1. The van der Waals surface area contributed by atoms with Crippen molar-refractivity contribution in [1.29, 1.82) is 0 Å². The van der Waals surface area contributed by atoms with Gasteiger partial charge in [-0.15, -0.1) is 0 Å². The van der Waals surface area contributed by atoms with Crippen LogP contribution in [0, 0.1) is 0 Å². The fourth-order valence-electron chi connectivity index (χ4n) is 3.59. The van der Waals surface area contributed by atoms with Gasteiger partial charge in [-0.25, -0.2) is 4.79 Å². The lowest BCUT2D eigenvalue weighted by atomic mass is 9.85. The maximum Gasteiger partial charge on any atom is 0.410 e. The summed E-state index contributed by atoms with van der Waals surface area (Å²) in [6.07, 6.45) is 1.60. The highest BCUT2D eigenvalue weighted by atomic mass is 16.6. The van der Waals surface area contributed by atoms with Crippen LogP contribution in [-0.4, -0.2) is 55.0 Å². The minimum absolute atomic E-state index is 0.0158. The van der Waals surface area contributed by atoms with Crippen molar-refractivity contribution < 1.29 is 14.3 Å². The van der Waals surface area contributed by atoms with Crippen LogP contribution in [0.2, 0.25) is 0 Å². The Kier molecular flexibility index (Phi) is 4.72. The molecule has 0 N–H and O–H groups in total. The molecule has 2 aliphatic heterocycles. The molecule has 0 bridgehead atoms. The number of rotatable bonds is 1. The summed E-state index contributed by atoms with van der Waals surface area (Å²) >= 11 is 0. The lowest BCUT2D eigenvalue weighted by molar-refractivity contribution is -0.00471. The Balaban J connectivity index is 1.69. The third-order valence-electron chi connectivity index (χ3n) is 4.82. The maximum absolute atomic E-state index is 12.3. The molecule has 2 aliphatic rings. The zero-order valence-corrected chi connectivity index (χ0v) is 15.0. The van der Waals surface area contributed by atoms with E-state index in [-0.39, 0.29) is 11.6 Å². The number of hydrogen-bond acceptors (Lipinski definition) is 4. The van der Waals surface area contributed by atoms with Gasteiger partial charge in [-0.3, -0.25) is 0 Å². The van der Waals surface area contributed by atoms with Crippen LogP contribution in [0.25, 0.3) is 0 Å². The van der Waals surface area contributed by atoms with Crippen LogP contribution in [0.15, 0.2) is 30.3 Å². The van der Waals surface area contributed by atoms with E-state index in [0.717, 1.165) is 32.6 Å². The molecule has 132 valence electrons. The summed E-state index contributed by atoms with van der Waals surface area (Å²) in [5.74, 6) is 0. The normalized spacial score (nSPS) is 21.0. The second-order valence-electron chi connectivity index (χ2n) is 7.73. The number of anilines is 1. The molecule has 0 atom stereocenters. The van der Waals surface area contributed by atoms with Gasteiger partial charge in [0.25, 0.3) is 0 Å².